The zero-order valence-corrected chi connectivity index (χ0v) is 10.9. The molecule has 7 nitrogen and oxygen atoms in total. The molecule has 1 atom stereocenters. The van der Waals surface area contributed by atoms with Gasteiger partial charge in [0.1, 0.15) is 6.04 Å². The van der Waals surface area contributed by atoms with Crippen molar-refractivity contribution in [2.24, 2.45) is 0 Å². The van der Waals surface area contributed by atoms with Crippen molar-refractivity contribution in [3.8, 4) is 0 Å². The summed E-state index contributed by atoms with van der Waals surface area (Å²) < 4.78 is 4.79. The summed E-state index contributed by atoms with van der Waals surface area (Å²) in [6, 6.07) is -1.45. The molecule has 0 saturated carbocycles. The molecule has 0 aromatic carbocycles. The van der Waals surface area contributed by atoms with Gasteiger partial charge in [-0.05, 0) is 6.42 Å². The molecule has 0 aromatic heterocycles. The molecule has 1 unspecified atom stereocenters. The molecule has 18 heavy (non-hydrogen) atoms. The summed E-state index contributed by atoms with van der Waals surface area (Å²) in [7, 11) is 1.47. The van der Waals surface area contributed by atoms with Crippen molar-refractivity contribution in [3.05, 3.63) is 0 Å². The molecule has 0 rings (SSSR count). The number of hydrogen-bond donors (Lipinski definition) is 3. The highest BCUT2D eigenvalue weighted by Gasteiger charge is 2.22. The van der Waals surface area contributed by atoms with Gasteiger partial charge in [0.15, 0.2) is 0 Å². The minimum absolute atomic E-state index is 0.150. The van der Waals surface area contributed by atoms with Crippen LogP contribution in [0.2, 0.25) is 0 Å². The van der Waals surface area contributed by atoms with Crippen LogP contribution < -0.4 is 5.32 Å². The molecule has 0 aliphatic carbocycles. The minimum Gasteiger partial charge on any atom is -0.480 e. The van der Waals surface area contributed by atoms with Gasteiger partial charge in [-0.25, -0.2) is 9.59 Å². The van der Waals surface area contributed by atoms with E-state index in [2.05, 4.69) is 5.32 Å². The van der Waals surface area contributed by atoms with Crippen LogP contribution in [0.1, 0.15) is 19.8 Å². The van der Waals surface area contributed by atoms with Gasteiger partial charge in [0.2, 0.25) is 0 Å². The molecule has 0 saturated heterocycles. The molecule has 0 aliphatic rings. The number of aliphatic carboxylic acids is 1. The third-order valence-corrected chi connectivity index (χ3v) is 2.36. The Morgan fingerprint density at radius 1 is 1.39 bits per heavy atom. The van der Waals surface area contributed by atoms with Gasteiger partial charge < -0.3 is 25.2 Å². The van der Waals surface area contributed by atoms with E-state index in [0.717, 1.165) is 6.42 Å². The predicted molar refractivity (Wildman–Crippen MR) is 65.4 cm³/mol. The average molecular weight is 262 g/mol. The van der Waals surface area contributed by atoms with Gasteiger partial charge >= 0.3 is 12.0 Å². The zero-order valence-electron chi connectivity index (χ0n) is 10.9. The standard InChI is InChI=1S/C11H22N2O5/c1-3-5-13(6-7-14)11(17)12-9(10(15)16)4-8-18-2/h9,14H,3-8H2,1-2H3,(H,12,17)(H,15,16). The van der Waals surface area contributed by atoms with Crippen molar-refractivity contribution >= 4 is 12.0 Å². The average Bonchev–Trinajstić information content (AvgIpc) is 2.33. The van der Waals surface area contributed by atoms with Crippen LogP contribution in [-0.2, 0) is 9.53 Å². The minimum atomic E-state index is -1.10. The first-order valence-corrected chi connectivity index (χ1v) is 5.94. The number of nitrogens with zero attached hydrogens (tertiary/aromatic N) is 1. The molecule has 2 amide bonds. The number of carboxylic acid groups (broad SMARTS) is 1. The number of nitrogens with one attached hydrogen (secondary N) is 1. The molecule has 0 bridgehead atoms. The normalized spacial score (nSPS) is 11.9. The summed E-state index contributed by atoms with van der Waals surface area (Å²) in [4.78, 5) is 24.1. The van der Waals surface area contributed by atoms with Crippen molar-refractivity contribution in [1.29, 1.82) is 0 Å². The first-order valence-electron chi connectivity index (χ1n) is 5.94. The Kier molecular flexibility index (Phi) is 8.95. The van der Waals surface area contributed by atoms with Crippen LogP contribution in [0.5, 0.6) is 0 Å². The van der Waals surface area contributed by atoms with E-state index < -0.39 is 18.0 Å². The first kappa shape index (κ1) is 16.7. The van der Waals surface area contributed by atoms with Crippen LogP contribution in [0.3, 0.4) is 0 Å². The topological polar surface area (TPSA) is 99.1 Å². The van der Waals surface area contributed by atoms with E-state index >= 15 is 0 Å². The number of methoxy groups -OCH3 is 1. The second kappa shape index (κ2) is 9.67. The van der Waals surface area contributed by atoms with Crippen LogP contribution in [-0.4, -0.2) is 66.6 Å². The maximum Gasteiger partial charge on any atom is 0.326 e. The maximum atomic E-state index is 11.8. The van der Waals surface area contributed by atoms with Crippen molar-refractivity contribution in [1.82, 2.24) is 10.2 Å². The lowest BCUT2D eigenvalue weighted by atomic mass is 10.2. The Hall–Kier alpha value is -1.34. The fraction of sp³-hybridized carbons (Fsp3) is 0.818. The zero-order chi connectivity index (χ0) is 14.0. The number of aliphatic hydroxyl groups is 1. The Balaban J connectivity index is 4.39. The molecule has 106 valence electrons. The summed E-state index contributed by atoms with van der Waals surface area (Å²) in [5, 5.41) is 20.2. The lowest BCUT2D eigenvalue weighted by Gasteiger charge is -2.24. The molecule has 0 aromatic rings. The van der Waals surface area contributed by atoms with E-state index in [1.54, 1.807) is 0 Å². The second-order valence-electron chi connectivity index (χ2n) is 3.83. The molecule has 0 spiro atoms. The highest BCUT2D eigenvalue weighted by atomic mass is 16.5. The highest BCUT2D eigenvalue weighted by Crippen LogP contribution is 1.98. The van der Waals surface area contributed by atoms with Crippen molar-refractivity contribution in [2.45, 2.75) is 25.8 Å². The molecule has 0 aliphatic heterocycles. The number of carbonyl (C=O) groups excluding carboxylic acids is 1. The SMILES string of the molecule is CCCN(CCO)C(=O)NC(CCOC)C(=O)O. The van der Waals surface area contributed by atoms with Crippen LogP contribution in [0.4, 0.5) is 4.79 Å². The molecule has 0 heterocycles. The number of rotatable bonds is 9. The third-order valence-electron chi connectivity index (χ3n) is 2.36. The fourth-order valence-electron chi connectivity index (χ4n) is 1.44. The lowest BCUT2D eigenvalue weighted by molar-refractivity contribution is -0.139. The molecule has 3 N–H and O–H groups in total. The summed E-state index contributed by atoms with van der Waals surface area (Å²) in [6.45, 7) is 2.67. The molecule has 0 radical (unpaired) electrons. The monoisotopic (exact) mass is 262 g/mol. The fourth-order valence-corrected chi connectivity index (χ4v) is 1.44. The summed E-state index contributed by atoms with van der Waals surface area (Å²) in [5.41, 5.74) is 0. The van der Waals surface area contributed by atoms with E-state index in [1.165, 1.54) is 12.0 Å². The first-order chi connectivity index (χ1) is 8.56. The van der Waals surface area contributed by atoms with Crippen LogP contribution >= 0.6 is 0 Å². The predicted octanol–water partition coefficient (Wildman–Crippen LogP) is -0.110. The third kappa shape index (κ3) is 6.41. The van der Waals surface area contributed by atoms with Crippen molar-refractivity contribution in [3.63, 3.8) is 0 Å². The van der Waals surface area contributed by atoms with Crippen LogP contribution in [0.25, 0.3) is 0 Å². The van der Waals surface area contributed by atoms with Gasteiger partial charge in [0.05, 0.1) is 6.61 Å². The maximum absolute atomic E-state index is 11.8. The summed E-state index contributed by atoms with van der Waals surface area (Å²) in [6.07, 6.45) is 0.944. The van der Waals surface area contributed by atoms with Gasteiger partial charge in [-0.3, -0.25) is 0 Å². The number of urea groups is 1. The molecular weight excluding hydrogens is 240 g/mol. The number of amides is 2. The Labute approximate surface area is 107 Å². The van der Waals surface area contributed by atoms with E-state index in [4.69, 9.17) is 14.9 Å². The number of ether oxygens (including phenoxy) is 1. The van der Waals surface area contributed by atoms with Crippen molar-refractivity contribution < 1.29 is 24.5 Å². The quantitative estimate of drug-likeness (QED) is 0.538. The van der Waals surface area contributed by atoms with E-state index in [-0.39, 0.29) is 26.2 Å². The van der Waals surface area contributed by atoms with E-state index in [0.29, 0.717) is 6.54 Å². The number of carboxylic acids is 1. The molecule has 7 heteroatoms. The van der Waals surface area contributed by atoms with Gasteiger partial charge in [0.25, 0.3) is 0 Å². The number of carbonyl (C=O) groups is 2. The summed E-state index contributed by atoms with van der Waals surface area (Å²) >= 11 is 0. The van der Waals surface area contributed by atoms with Crippen LogP contribution in [0, 0.1) is 0 Å². The highest BCUT2D eigenvalue weighted by molar-refractivity contribution is 5.82. The van der Waals surface area contributed by atoms with Crippen LogP contribution in [0.15, 0.2) is 0 Å². The van der Waals surface area contributed by atoms with Gasteiger partial charge in [0, 0.05) is 33.2 Å². The Morgan fingerprint density at radius 2 is 2.06 bits per heavy atom. The lowest BCUT2D eigenvalue weighted by Crippen LogP contribution is -2.49. The van der Waals surface area contributed by atoms with E-state index in [1.807, 2.05) is 6.92 Å². The number of hydrogen-bond acceptors (Lipinski definition) is 4. The molecule has 0 fully saturated rings. The van der Waals surface area contributed by atoms with Gasteiger partial charge in [-0.15, -0.1) is 0 Å². The molecular formula is C11H22N2O5. The smallest absolute Gasteiger partial charge is 0.326 e. The van der Waals surface area contributed by atoms with Gasteiger partial charge in [-0.1, -0.05) is 6.92 Å². The second-order valence-corrected chi connectivity index (χ2v) is 3.83. The van der Waals surface area contributed by atoms with Crippen molar-refractivity contribution in [2.75, 3.05) is 33.4 Å². The number of aliphatic hydroxyl groups excluding tert-OH is 1. The largest absolute Gasteiger partial charge is 0.480 e. The van der Waals surface area contributed by atoms with Gasteiger partial charge in [-0.2, -0.15) is 0 Å². The summed E-state index contributed by atoms with van der Waals surface area (Å²) in [5.74, 6) is -1.10. The Morgan fingerprint density at radius 3 is 2.50 bits per heavy atom. The van der Waals surface area contributed by atoms with E-state index in [9.17, 15) is 9.59 Å². The Bertz CT molecular complexity index is 254.